The molecule has 150 valence electrons. The van der Waals surface area contributed by atoms with E-state index in [0.717, 1.165) is 69.2 Å². The molecule has 0 saturated carbocycles. The van der Waals surface area contributed by atoms with Crippen molar-refractivity contribution in [3.8, 4) is 0 Å². The second-order valence-electron chi connectivity index (χ2n) is 7.73. The van der Waals surface area contributed by atoms with Gasteiger partial charge in [-0.3, -0.25) is 5.10 Å². The van der Waals surface area contributed by atoms with E-state index in [4.69, 9.17) is 0 Å². The number of hydrogen-bond donors (Lipinski definition) is 2. The molecule has 2 saturated heterocycles. The van der Waals surface area contributed by atoms with E-state index in [1.165, 1.54) is 12.1 Å². The zero-order valence-corrected chi connectivity index (χ0v) is 16.2. The molecule has 0 radical (unpaired) electrons. The summed E-state index contributed by atoms with van der Waals surface area (Å²) in [6, 6.07) is 6.84. The minimum absolute atomic E-state index is 0.0323. The number of amides is 2. The third-order valence-electron chi connectivity index (χ3n) is 5.78. The number of anilines is 1. The Morgan fingerprint density at radius 1 is 1.11 bits per heavy atom. The van der Waals surface area contributed by atoms with Crippen molar-refractivity contribution in [3.63, 3.8) is 0 Å². The minimum Gasteiger partial charge on any atom is -0.371 e. The number of hydrogen-bond acceptors (Lipinski definition) is 4. The van der Waals surface area contributed by atoms with Crippen LogP contribution in [0.3, 0.4) is 0 Å². The average Bonchev–Trinajstić information content (AvgIpc) is 3.16. The Kier molecular flexibility index (Phi) is 5.45. The topological polar surface area (TPSA) is 77.2 Å². The zero-order chi connectivity index (χ0) is 19.5. The lowest BCUT2D eigenvalue weighted by molar-refractivity contribution is 0.174. The number of H-pyrrole nitrogens is 1. The smallest absolute Gasteiger partial charge is 0.317 e. The fourth-order valence-electron chi connectivity index (χ4n) is 4.08. The van der Waals surface area contributed by atoms with Gasteiger partial charge in [0, 0.05) is 43.8 Å². The van der Waals surface area contributed by atoms with Crippen molar-refractivity contribution in [2.24, 2.45) is 0 Å². The van der Waals surface area contributed by atoms with Gasteiger partial charge in [0.25, 0.3) is 0 Å². The van der Waals surface area contributed by atoms with E-state index in [1.54, 1.807) is 0 Å². The van der Waals surface area contributed by atoms with Gasteiger partial charge in [-0.25, -0.2) is 14.2 Å². The number of carbonyl (C=O) groups is 1. The number of rotatable bonds is 3. The summed E-state index contributed by atoms with van der Waals surface area (Å²) in [5.74, 6) is 1.81. The van der Waals surface area contributed by atoms with E-state index in [0.29, 0.717) is 5.92 Å². The van der Waals surface area contributed by atoms with Crippen LogP contribution in [0.25, 0.3) is 0 Å². The largest absolute Gasteiger partial charge is 0.371 e. The molecule has 0 atom stereocenters. The summed E-state index contributed by atoms with van der Waals surface area (Å²) >= 11 is 0. The number of urea groups is 1. The van der Waals surface area contributed by atoms with Crippen molar-refractivity contribution in [1.29, 1.82) is 0 Å². The highest BCUT2D eigenvalue weighted by Crippen LogP contribution is 2.26. The molecule has 8 heteroatoms. The van der Waals surface area contributed by atoms with E-state index in [1.807, 2.05) is 24.0 Å². The number of nitrogens with zero attached hydrogens (tertiary/aromatic N) is 4. The fourth-order valence-corrected chi connectivity index (χ4v) is 4.08. The highest BCUT2D eigenvalue weighted by atomic mass is 19.1. The van der Waals surface area contributed by atoms with Crippen LogP contribution in [0.4, 0.5) is 14.9 Å². The van der Waals surface area contributed by atoms with Crippen molar-refractivity contribution in [1.82, 2.24) is 25.4 Å². The first-order valence-electron chi connectivity index (χ1n) is 10.0. The molecule has 0 spiro atoms. The number of aromatic nitrogens is 3. The van der Waals surface area contributed by atoms with Crippen LogP contribution in [-0.2, 0) is 0 Å². The van der Waals surface area contributed by atoms with Crippen molar-refractivity contribution in [2.75, 3.05) is 31.1 Å². The number of nitrogens with one attached hydrogen (secondary N) is 2. The van der Waals surface area contributed by atoms with Crippen LogP contribution < -0.4 is 10.2 Å². The minimum atomic E-state index is -0.215. The molecule has 2 aliphatic rings. The molecule has 7 nitrogen and oxygen atoms in total. The summed E-state index contributed by atoms with van der Waals surface area (Å²) in [6.45, 7) is 5.10. The third kappa shape index (κ3) is 4.26. The molecule has 2 N–H and O–H groups in total. The predicted molar refractivity (Wildman–Crippen MR) is 105 cm³/mol. The predicted octanol–water partition coefficient (Wildman–Crippen LogP) is 2.81. The zero-order valence-electron chi connectivity index (χ0n) is 16.2. The van der Waals surface area contributed by atoms with Crippen LogP contribution in [0.1, 0.15) is 43.3 Å². The van der Waals surface area contributed by atoms with Gasteiger partial charge in [0.1, 0.15) is 11.6 Å². The summed E-state index contributed by atoms with van der Waals surface area (Å²) in [7, 11) is 0. The molecule has 1 aromatic carbocycles. The second kappa shape index (κ2) is 8.16. The third-order valence-corrected chi connectivity index (χ3v) is 5.78. The number of likely N-dealkylation sites (tertiary alicyclic amines) is 1. The Balaban J connectivity index is 1.22. The Labute approximate surface area is 164 Å². The molecule has 0 bridgehead atoms. The van der Waals surface area contributed by atoms with Crippen LogP contribution in [0.5, 0.6) is 0 Å². The van der Waals surface area contributed by atoms with E-state index >= 15 is 0 Å². The Bertz CT molecular complexity index is 791. The van der Waals surface area contributed by atoms with Gasteiger partial charge in [-0.2, -0.15) is 5.10 Å². The lowest BCUT2D eigenvalue weighted by Crippen LogP contribution is -2.51. The van der Waals surface area contributed by atoms with Gasteiger partial charge in [-0.1, -0.05) is 0 Å². The summed E-state index contributed by atoms with van der Waals surface area (Å²) in [5, 5.41) is 10.3. The number of aryl methyl sites for hydroxylation is 1. The number of halogens is 1. The van der Waals surface area contributed by atoms with Crippen molar-refractivity contribution in [2.45, 2.75) is 44.6 Å². The summed E-state index contributed by atoms with van der Waals surface area (Å²) in [5.41, 5.74) is 1.04. The standard InChI is InChI=1S/C20H27FN6O/c1-14-22-19(25-24-14)15-6-10-27(11-7-15)20(28)23-17-8-12-26(13-9-17)18-4-2-16(21)3-5-18/h2-5,15,17H,6-13H2,1H3,(H,23,28)(H,22,24,25). The van der Waals surface area contributed by atoms with Gasteiger partial charge in [0.15, 0.2) is 5.82 Å². The lowest BCUT2D eigenvalue weighted by atomic mass is 9.96. The molecule has 1 aromatic heterocycles. The molecule has 2 amide bonds. The van der Waals surface area contributed by atoms with Gasteiger partial charge < -0.3 is 15.1 Å². The summed E-state index contributed by atoms with van der Waals surface area (Å²) in [4.78, 5) is 21.2. The van der Waals surface area contributed by atoms with Gasteiger partial charge in [0.05, 0.1) is 0 Å². The molecule has 2 aliphatic heterocycles. The summed E-state index contributed by atoms with van der Waals surface area (Å²) < 4.78 is 13.1. The number of carbonyl (C=O) groups excluding carboxylic acids is 1. The van der Waals surface area contributed by atoms with Gasteiger partial charge in [-0.15, -0.1) is 0 Å². The lowest BCUT2D eigenvalue weighted by Gasteiger charge is -2.36. The van der Waals surface area contributed by atoms with E-state index in [2.05, 4.69) is 25.4 Å². The molecule has 0 aliphatic carbocycles. The normalized spacial score (nSPS) is 19.1. The van der Waals surface area contributed by atoms with E-state index in [9.17, 15) is 9.18 Å². The molecule has 2 fully saturated rings. The molecule has 2 aromatic rings. The van der Waals surface area contributed by atoms with Crippen molar-refractivity contribution in [3.05, 3.63) is 41.7 Å². The van der Waals surface area contributed by atoms with Crippen molar-refractivity contribution >= 4 is 11.7 Å². The Morgan fingerprint density at radius 3 is 2.39 bits per heavy atom. The molecular weight excluding hydrogens is 359 g/mol. The second-order valence-corrected chi connectivity index (χ2v) is 7.73. The highest BCUT2D eigenvalue weighted by molar-refractivity contribution is 5.74. The molecule has 0 unspecified atom stereocenters. The highest BCUT2D eigenvalue weighted by Gasteiger charge is 2.28. The van der Waals surface area contributed by atoms with E-state index in [-0.39, 0.29) is 17.9 Å². The molecular formula is C20H27FN6O. The van der Waals surface area contributed by atoms with Gasteiger partial charge in [0.2, 0.25) is 0 Å². The average molecular weight is 386 g/mol. The summed E-state index contributed by atoms with van der Waals surface area (Å²) in [6.07, 6.45) is 3.59. The first-order valence-corrected chi connectivity index (χ1v) is 10.0. The van der Waals surface area contributed by atoms with Crippen LogP contribution in [0.2, 0.25) is 0 Å². The first-order chi connectivity index (χ1) is 13.6. The van der Waals surface area contributed by atoms with Crippen LogP contribution in [0, 0.1) is 12.7 Å². The maximum atomic E-state index is 13.1. The van der Waals surface area contributed by atoms with Gasteiger partial charge >= 0.3 is 6.03 Å². The molecule has 28 heavy (non-hydrogen) atoms. The number of piperidine rings is 2. The number of benzene rings is 1. The maximum absolute atomic E-state index is 13.1. The fraction of sp³-hybridized carbons (Fsp3) is 0.550. The monoisotopic (exact) mass is 386 g/mol. The Hall–Kier alpha value is -2.64. The van der Waals surface area contributed by atoms with Gasteiger partial charge in [-0.05, 0) is 56.9 Å². The molecule has 4 rings (SSSR count). The Morgan fingerprint density at radius 2 is 1.79 bits per heavy atom. The van der Waals surface area contributed by atoms with Crippen LogP contribution >= 0.6 is 0 Å². The maximum Gasteiger partial charge on any atom is 0.317 e. The van der Waals surface area contributed by atoms with E-state index < -0.39 is 0 Å². The van der Waals surface area contributed by atoms with Crippen LogP contribution in [0.15, 0.2) is 24.3 Å². The number of aromatic amines is 1. The van der Waals surface area contributed by atoms with Crippen LogP contribution in [-0.4, -0.2) is 58.3 Å². The molecule has 3 heterocycles. The SMILES string of the molecule is Cc1nc(C2CCN(C(=O)NC3CCN(c4ccc(F)cc4)CC3)CC2)n[nH]1. The first kappa shape index (κ1) is 18.7. The quantitative estimate of drug-likeness (QED) is 0.850. The van der Waals surface area contributed by atoms with Crippen molar-refractivity contribution < 1.29 is 9.18 Å².